The summed E-state index contributed by atoms with van der Waals surface area (Å²) in [5, 5.41) is 6.58. The van der Waals surface area contributed by atoms with E-state index in [2.05, 4.69) is 10.3 Å². The summed E-state index contributed by atoms with van der Waals surface area (Å²) >= 11 is 1.50. The van der Waals surface area contributed by atoms with Crippen molar-refractivity contribution in [1.82, 2.24) is 20.2 Å². The van der Waals surface area contributed by atoms with Crippen LogP contribution in [0, 0.1) is 0 Å². The summed E-state index contributed by atoms with van der Waals surface area (Å²) in [4.78, 5) is 34.4. The number of nitrogens with one attached hydrogen (secondary N) is 2. The Labute approximate surface area is 168 Å². The average Bonchev–Trinajstić information content (AvgIpc) is 3.41. The first-order valence-electron chi connectivity index (χ1n) is 9.73. The van der Waals surface area contributed by atoms with E-state index in [1.165, 1.54) is 11.3 Å². The van der Waals surface area contributed by atoms with Gasteiger partial charge in [-0.05, 0) is 42.8 Å². The van der Waals surface area contributed by atoms with Gasteiger partial charge in [0.25, 0.3) is 5.91 Å². The van der Waals surface area contributed by atoms with Crippen molar-refractivity contribution in [1.29, 1.82) is 0 Å². The quantitative estimate of drug-likeness (QED) is 0.626. The van der Waals surface area contributed by atoms with Crippen LogP contribution in [0.3, 0.4) is 0 Å². The summed E-state index contributed by atoms with van der Waals surface area (Å²) in [5.74, 6) is 1.51. The summed E-state index contributed by atoms with van der Waals surface area (Å²) in [5.41, 5.74) is 2.75. The van der Waals surface area contributed by atoms with E-state index < -0.39 is 0 Å². The monoisotopic (exact) mass is 396 g/mol. The number of amides is 2. The van der Waals surface area contributed by atoms with Crippen LogP contribution < -0.4 is 5.32 Å². The number of imidazole rings is 1. The van der Waals surface area contributed by atoms with Gasteiger partial charge in [0.05, 0.1) is 11.0 Å². The predicted molar refractivity (Wildman–Crippen MR) is 111 cm³/mol. The fourth-order valence-electron chi connectivity index (χ4n) is 3.66. The van der Waals surface area contributed by atoms with Crippen molar-refractivity contribution in [2.24, 2.45) is 0 Å². The number of likely N-dealkylation sites (tertiary alicyclic amines) is 1. The SMILES string of the molecule is O=C(NCCCC(=O)N1CCC(c2nc3ccccc3[nH]2)CC1)c1ccsc1. The van der Waals surface area contributed by atoms with E-state index in [0.717, 1.165) is 42.8 Å². The number of hydrogen-bond donors (Lipinski definition) is 2. The summed E-state index contributed by atoms with van der Waals surface area (Å²) in [6.45, 7) is 2.06. The number of benzene rings is 1. The number of carbonyl (C=O) groups is 2. The zero-order valence-corrected chi connectivity index (χ0v) is 16.5. The fraction of sp³-hybridized carbons (Fsp3) is 0.381. The van der Waals surface area contributed by atoms with Gasteiger partial charge in [0, 0.05) is 42.9 Å². The Morgan fingerprint density at radius 1 is 1.21 bits per heavy atom. The van der Waals surface area contributed by atoms with Crippen LogP contribution in [0.25, 0.3) is 11.0 Å². The van der Waals surface area contributed by atoms with Gasteiger partial charge in [0.2, 0.25) is 5.91 Å². The molecule has 0 atom stereocenters. The number of H-pyrrole nitrogens is 1. The van der Waals surface area contributed by atoms with Crippen molar-refractivity contribution in [3.63, 3.8) is 0 Å². The lowest BCUT2D eigenvalue weighted by molar-refractivity contribution is -0.132. The highest BCUT2D eigenvalue weighted by Gasteiger charge is 2.25. The number of aromatic amines is 1. The molecule has 6 nitrogen and oxygen atoms in total. The standard InChI is InChI=1S/C21H24N4O2S/c26-19(6-3-10-22-21(27)16-9-13-28-14-16)25-11-7-15(8-12-25)20-23-17-4-1-2-5-18(17)24-20/h1-2,4-5,9,13-15H,3,6-8,10-12H2,(H,22,27)(H,23,24). The first-order valence-corrected chi connectivity index (χ1v) is 10.7. The van der Waals surface area contributed by atoms with Crippen LogP contribution in [0.1, 0.15) is 47.8 Å². The van der Waals surface area contributed by atoms with Gasteiger partial charge >= 0.3 is 0 Å². The van der Waals surface area contributed by atoms with Gasteiger partial charge in [-0.15, -0.1) is 0 Å². The Kier molecular flexibility index (Phi) is 5.71. The summed E-state index contributed by atoms with van der Waals surface area (Å²) < 4.78 is 0. The Morgan fingerprint density at radius 2 is 2.04 bits per heavy atom. The molecule has 1 saturated heterocycles. The van der Waals surface area contributed by atoms with Gasteiger partial charge in [-0.3, -0.25) is 9.59 Å². The number of piperidine rings is 1. The molecule has 2 amide bonds. The lowest BCUT2D eigenvalue weighted by Gasteiger charge is -2.31. The molecule has 0 radical (unpaired) electrons. The molecule has 2 N–H and O–H groups in total. The van der Waals surface area contributed by atoms with Crippen LogP contribution >= 0.6 is 11.3 Å². The second-order valence-electron chi connectivity index (χ2n) is 7.17. The summed E-state index contributed by atoms with van der Waals surface area (Å²) in [7, 11) is 0. The lowest BCUT2D eigenvalue weighted by Crippen LogP contribution is -2.38. The topological polar surface area (TPSA) is 78.1 Å². The van der Waals surface area contributed by atoms with E-state index in [4.69, 9.17) is 4.98 Å². The number of fused-ring (bicyclic) bond motifs is 1. The maximum Gasteiger partial charge on any atom is 0.252 e. The third kappa shape index (κ3) is 4.25. The molecular weight excluding hydrogens is 372 g/mol. The number of rotatable bonds is 6. The highest BCUT2D eigenvalue weighted by Crippen LogP contribution is 2.28. The maximum absolute atomic E-state index is 12.4. The van der Waals surface area contributed by atoms with E-state index in [-0.39, 0.29) is 11.8 Å². The second kappa shape index (κ2) is 8.56. The van der Waals surface area contributed by atoms with E-state index in [9.17, 15) is 9.59 Å². The Morgan fingerprint density at radius 3 is 2.79 bits per heavy atom. The van der Waals surface area contributed by atoms with Crippen LogP contribution in [0.4, 0.5) is 0 Å². The first kappa shape index (κ1) is 18.7. The molecule has 1 fully saturated rings. The zero-order valence-electron chi connectivity index (χ0n) is 15.7. The maximum atomic E-state index is 12.4. The Hall–Kier alpha value is -2.67. The highest BCUT2D eigenvalue weighted by molar-refractivity contribution is 7.08. The molecular formula is C21H24N4O2S. The third-order valence-electron chi connectivity index (χ3n) is 5.28. The molecule has 4 rings (SSSR count). The molecule has 0 bridgehead atoms. The van der Waals surface area contributed by atoms with E-state index in [1.54, 1.807) is 6.07 Å². The fourth-order valence-corrected chi connectivity index (χ4v) is 4.30. The minimum atomic E-state index is -0.0691. The number of nitrogens with zero attached hydrogens (tertiary/aromatic N) is 2. The van der Waals surface area contributed by atoms with Gasteiger partial charge in [-0.2, -0.15) is 11.3 Å². The van der Waals surface area contributed by atoms with Crippen LogP contribution in [0.2, 0.25) is 0 Å². The van der Waals surface area contributed by atoms with Gasteiger partial charge in [0.15, 0.2) is 0 Å². The normalized spacial score (nSPS) is 15.1. The summed E-state index contributed by atoms with van der Waals surface area (Å²) in [6.07, 6.45) is 3.00. The summed E-state index contributed by atoms with van der Waals surface area (Å²) in [6, 6.07) is 9.87. The molecule has 2 aromatic heterocycles. The van der Waals surface area contributed by atoms with Crippen LogP contribution in [0.15, 0.2) is 41.1 Å². The van der Waals surface area contributed by atoms with Crippen LogP contribution in [-0.2, 0) is 4.79 Å². The number of hydrogen-bond acceptors (Lipinski definition) is 4. The molecule has 1 aliphatic heterocycles. The number of thiophene rings is 1. The number of para-hydroxylation sites is 2. The van der Waals surface area contributed by atoms with Gasteiger partial charge < -0.3 is 15.2 Å². The van der Waals surface area contributed by atoms with E-state index >= 15 is 0 Å². The van der Waals surface area contributed by atoms with Crippen molar-refractivity contribution in [2.75, 3.05) is 19.6 Å². The third-order valence-corrected chi connectivity index (χ3v) is 5.96. The van der Waals surface area contributed by atoms with E-state index in [1.807, 2.05) is 39.9 Å². The van der Waals surface area contributed by atoms with Crippen molar-refractivity contribution < 1.29 is 9.59 Å². The molecule has 1 aromatic carbocycles. The highest BCUT2D eigenvalue weighted by atomic mass is 32.1. The van der Waals surface area contributed by atoms with Gasteiger partial charge in [-0.25, -0.2) is 4.98 Å². The molecule has 28 heavy (non-hydrogen) atoms. The van der Waals surface area contributed by atoms with Crippen molar-refractivity contribution >= 4 is 34.2 Å². The largest absolute Gasteiger partial charge is 0.352 e. The number of aromatic nitrogens is 2. The minimum Gasteiger partial charge on any atom is -0.352 e. The van der Waals surface area contributed by atoms with Crippen molar-refractivity contribution in [2.45, 2.75) is 31.6 Å². The Balaban J connectivity index is 1.20. The molecule has 0 spiro atoms. The van der Waals surface area contributed by atoms with Gasteiger partial charge in [-0.1, -0.05) is 12.1 Å². The van der Waals surface area contributed by atoms with E-state index in [0.29, 0.717) is 30.9 Å². The molecule has 0 saturated carbocycles. The first-order chi connectivity index (χ1) is 13.7. The lowest BCUT2D eigenvalue weighted by atomic mass is 9.96. The predicted octanol–water partition coefficient (Wildman–Crippen LogP) is 3.54. The smallest absolute Gasteiger partial charge is 0.252 e. The Bertz CT molecular complexity index is 909. The van der Waals surface area contributed by atoms with Crippen molar-refractivity contribution in [3.8, 4) is 0 Å². The molecule has 0 unspecified atom stereocenters. The zero-order chi connectivity index (χ0) is 19.3. The van der Waals surface area contributed by atoms with Gasteiger partial charge in [0.1, 0.15) is 5.82 Å². The average molecular weight is 397 g/mol. The number of carbonyl (C=O) groups excluding carboxylic acids is 2. The van der Waals surface area contributed by atoms with Crippen LogP contribution in [0.5, 0.6) is 0 Å². The molecule has 0 aliphatic carbocycles. The molecule has 3 heterocycles. The van der Waals surface area contributed by atoms with Crippen molar-refractivity contribution in [3.05, 3.63) is 52.5 Å². The van der Waals surface area contributed by atoms with Crippen LogP contribution in [-0.4, -0.2) is 46.3 Å². The minimum absolute atomic E-state index is 0.0691. The molecule has 7 heteroatoms. The molecule has 3 aromatic rings. The molecule has 1 aliphatic rings. The second-order valence-corrected chi connectivity index (χ2v) is 7.95. The molecule has 146 valence electrons.